The summed E-state index contributed by atoms with van der Waals surface area (Å²) in [6.07, 6.45) is 4.79. The van der Waals surface area contributed by atoms with E-state index in [1.807, 2.05) is 76.5 Å². The Bertz CT molecular complexity index is 1760. The number of likely N-dealkylation sites (N-methyl/N-ethyl adjacent to an activating group) is 1. The maximum absolute atomic E-state index is 14.8. The van der Waals surface area contributed by atoms with Crippen molar-refractivity contribution < 1.29 is 48.0 Å². The van der Waals surface area contributed by atoms with Crippen molar-refractivity contribution in [2.75, 3.05) is 27.7 Å². The molecule has 3 fully saturated rings. The Kier molecular flexibility index (Phi) is 15.2. The minimum Gasteiger partial charge on any atom is -0.457 e. The number of unbranched alkanes of at least 4 members (excludes halogenated alkanes) is 1. The number of aryl methyl sites for hydroxylation is 1. The van der Waals surface area contributed by atoms with Crippen molar-refractivity contribution >= 4 is 23.6 Å². The zero-order valence-electron chi connectivity index (χ0n) is 36.8. The first kappa shape index (κ1) is 46.3. The molecule has 2 aromatic heterocycles. The third-order valence-electron chi connectivity index (χ3n) is 13.2. The Morgan fingerprint density at radius 3 is 2.36 bits per heavy atom. The van der Waals surface area contributed by atoms with E-state index in [0.717, 1.165) is 11.3 Å². The number of fused-ring (bicyclic) bond motifs is 1. The molecule has 13 atom stereocenters. The fraction of sp³-hybridized carbons (Fsp3) is 0.727. The van der Waals surface area contributed by atoms with Gasteiger partial charge in [0.05, 0.1) is 35.9 Å². The maximum Gasteiger partial charge on any atom is 0.410 e. The molecule has 5 rings (SSSR count). The van der Waals surface area contributed by atoms with Crippen molar-refractivity contribution in [3.05, 3.63) is 37.1 Å². The first-order valence-electron chi connectivity index (χ1n) is 21.3. The third-order valence-corrected chi connectivity index (χ3v) is 13.2. The van der Waals surface area contributed by atoms with Gasteiger partial charge in [0.2, 0.25) is 0 Å². The number of aromatic nitrogens is 3. The normalized spacial score (nSPS) is 36.3. The number of Topliss-reactive ketones (excluding diaryl/α,β-unsaturated/α-hetero) is 2. The van der Waals surface area contributed by atoms with Crippen LogP contribution in [0.15, 0.2) is 37.1 Å². The number of pyridine rings is 1. The molecule has 3 aliphatic heterocycles. The number of aliphatic hydroxyl groups is 1. The third kappa shape index (κ3) is 9.59. The van der Waals surface area contributed by atoms with Gasteiger partial charge in [0, 0.05) is 68.1 Å². The Morgan fingerprint density at radius 1 is 1.02 bits per heavy atom. The van der Waals surface area contributed by atoms with Crippen LogP contribution in [0.3, 0.4) is 0 Å². The number of aliphatic hydroxyl groups excluding tert-OH is 1. The van der Waals surface area contributed by atoms with Crippen LogP contribution in [0, 0.1) is 23.7 Å². The summed E-state index contributed by atoms with van der Waals surface area (Å²) in [6, 6.07) is 2.76. The molecule has 328 valence electrons. The molecule has 3 saturated heterocycles. The van der Waals surface area contributed by atoms with Crippen LogP contribution in [0.2, 0.25) is 0 Å². The van der Waals surface area contributed by atoms with E-state index >= 15 is 0 Å². The van der Waals surface area contributed by atoms with E-state index in [4.69, 9.17) is 23.7 Å². The summed E-state index contributed by atoms with van der Waals surface area (Å²) in [7, 11) is 5.25. The SMILES string of the molecule is CC[C@H]1OC(=O)[C@H](C)C(=O)[C@H](C)[C@@H](O[C@@H]2O[C@H](C)C[C@H](N(C)C)[C@H]2O)[C@](C)(OC)C[C@@H](C)C(=O)[C@H](C)[C@H]2N(CCCCn3cnc(-c4cccnc4)c3)C(=O)O[C@]12CC. The first-order chi connectivity index (χ1) is 27.9. The van der Waals surface area contributed by atoms with Crippen molar-refractivity contribution in [2.45, 2.75) is 154 Å². The van der Waals surface area contributed by atoms with Crippen molar-refractivity contribution in [3.63, 3.8) is 0 Å². The highest BCUT2D eigenvalue weighted by atomic mass is 16.7. The Balaban J connectivity index is 1.46. The fourth-order valence-electron chi connectivity index (χ4n) is 9.72. The second kappa shape index (κ2) is 19.3. The average molecular weight is 826 g/mol. The molecule has 0 spiro atoms. The van der Waals surface area contributed by atoms with Crippen LogP contribution >= 0.6 is 0 Å². The van der Waals surface area contributed by atoms with Gasteiger partial charge in [-0.05, 0) is 85.5 Å². The number of cyclic esters (lactones) is 1. The molecule has 0 saturated carbocycles. The van der Waals surface area contributed by atoms with E-state index in [0.29, 0.717) is 32.4 Å². The number of imidazole rings is 1. The molecule has 15 heteroatoms. The first-order valence-corrected chi connectivity index (χ1v) is 21.3. The monoisotopic (exact) mass is 825 g/mol. The van der Waals surface area contributed by atoms with Crippen molar-refractivity contribution in [2.24, 2.45) is 23.7 Å². The zero-order chi connectivity index (χ0) is 43.4. The molecule has 15 nitrogen and oxygen atoms in total. The zero-order valence-corrected chi connectivity index (χ0v) is 36.8. The van der Waals surface area contributed by atoms with Crippen LogP contribution in [0.5, 0.6) is 0 Å². The Morgan fingerprint density at radius 2 is 1.73 bits per heavy atom. The maximum atomic E-state index is 14.8. The summed E-state index contributed by atoms with van der Waals surface area (Å²) < 4.78 is 33.5. The molecule has 59 heavy (non-hydrogen) atoms. The number of hydrogen-bond donors (Lipinski definition) is 1. The lowest BCUT2D eigenvalue weighted by Gasteiger charge is -2.47. The number of methoxy groups -OCH3 is 1. The van der Waals surface area contributed by atoms with Gasteiger partial charge in [0.15, 0.2) is 17.7 Å². The van der Waals surface area contributed by atoms with Crippen LogP contribution < -0.4 is 0 Å². The van der Waals surface area contributed by atoms with Crippen LogP contribution in [0.1, 0.15) is 93.9 Å². The molecule has 5 heterocycles. The minimum absolute atomic E-state index is 0.132. The molecule has 0 aromatic carbocycles. The summed E-state index contributed by atoms with van der Waals surface area (Å²) in [5, 5.41) is 11.5. The Labute approximate surface area is 349 Å². The van der Waals surface area contributed by atoms with Gasteiger partial charge in [-0.25, -0.2) is 9.78 Å². The Hall–Kier alpha value is -3.76. The predicted molar refractivity (Wildman–Crippen MR) is 219 cm³/mol. The van der Waals surface area contributed by atoms with Crippen LogP contribution in [0.25, 0.3) is 11.3 Å². The summed E-state index contributed by atoms with van der Waals surface area (Å²) in [4.78, 5) is 69.5. The second-order valence-corrected chi connectivity index (χ2v) is 17.4. The van der Waals surface area contributed by atoms with Crippen LogP contribution in [0.4, 0.5) is 4.79 Å². The van der Waals surface area contributed by atoms with Gasteiger partial charge >= 0.3 is 12.1 Å². The fourth-order valence-corrected chi connectivity index (χ4v) is 9.72. The molecular weight excluding hydrogens is 759 g/mol. The molecule has 0 aliphatic carbocycles. The van der Waals surface area contributed by atoms with Crippen molar-refractivity contribution in [3.8, 4) is 11.3 Å². The van der Waals surface area contributed by atoms with Gasteiger partial charge in [-0.2, -0.15) is 0 Å². The van der Waals surface area contributed by atoms with E-state index in [2.05, 4.69) is 9.97 Å². The lowest BCUT2D eigenvalue weighted by atomic mass is 9.72. The molecule has 3 aliphatic rings. The predicted octanol–water partition coefficient (Wildman–Crippen LogP) is 5.32. The molecule has 0 unspecified atom stereocenters. The lowest BCUT2D eigenvalue weighted by molar-refractivity contribution is -0.295. The van der Waals surface area contributed by atoms with Crippen LogP contribution in [-0.2, 0) is 44.6 Å². The van der Waals surface area contributed by atoms with E-state index in [1.54, 1.807) is 37.5 Å². The van der Waals surface area contributed by atoms with Gasteiger partial charge in [-0.3, -0.25) is 19.4 Å². The van der Waals surface area contributed by atoms with Crippen molar-refractivity contribution in [1.82, 2.24) is 24.3 Å². The molecule has 1 amide bonds. The van der Waals surface area contributed by atoms with Gasteiger partial charge in [0.1, 0.15) is 23.9 Å². The summed E-state index contributed by atoms with van der Waals surface area (Å²) in [5.74, 6) is -4.92. The van der Waals surface area contributed by atoms with Gasteiger partial charge in [-0.15, -0.1) is 0 Å². The molecule has 0 bridgehead atoms. The van der Waals surface area contributed by atoms with Crippen molar-refractivity contribution in [1.29, 1.82) is 0 Å². The van der Waals surface area contributed by atoms with E-state index < -0.39 is 83.4 Å². The summed E-state index contributed by atoms with van der Waals surface area (Å²) in [6.45, 7) is 15.2. The number of carbonyl (C=O) groups excluding carboxylic acids is 4. The molecule has 2 aromatic rings. The van der Waals surface area contributed by atoms with Gasteiger partial charge in [0.25, 0.3) is 0 Å². The van der Waals surface area contributed by atoms with E-state index in [-0.39, 0.29) is 37.2 Å². The topological polar surface area (TPSA) is 172 Å². The standard InChI is InChI=1S/C44H67N5O10/c1-12-34-44(13-2)38(49(42(54)59-44)20-15-14-19-48-24-32(46-25-48)31-17-16-18-45-23-31)28(5)35(50)26(3)22-43(8,55-11)39(29(6)36(51)30(7)40(53)57-34)58-41-37(52)33(47(9)10)21-27(4)56-41/h16-18,23-30,33-34,37-39,41,52H,12-15,19-22H2,1-11H3/t26-,27-,28+,29+,30-,33+,34-,37-,38-,39-,41+,43-,44-/m1/s1. The van der Waals surface area contributed by atoms with Crippen LogP contribution in [-0.4, -0.2) is 135 Å². The molecule has 0 radical (unpaired) electrons. The summed E-state index contributed by atoms with van der Waals surface area (Å²) >= 11 is 0. The molecule has 1 N–H and O–H groups in total. The summed E-state index contributed by atoms with van der Waals surface area (Å²) in [5.41, 5.74) is -0.894. The highest BCUT2D eigenvalue weighted by Gasteiger charge is 2.62. The number of esters is 1. The van der Waals surface area contributed by atoms with Gasteiger partial charge < -0.3 is 43.2 Å². The second-order valence-electron chi connectivity index (χ2n) is 17.4. The average Bonchev–Trinajstić information content (AvgIpc) is 3.82. The number of ketones is 2. The molecular formula is C44H67N5O10. The quantitative estimate of drug-likeness (QED) is 0.166. The van der Waals surface area contributed by atoms with E-state index in [9.17, 15) is 24.3 Å². The van der Waals surface area contributed by atoms with E-state index in [1.165, 1.54) is 14.0 Å². The van der Waals surface area contributed by atoms with Gasteiger partial charge in [-0.1, -0.05) is 34.6 Å². The highest BCUT2D eigenvalue weighted by Crippen LogP contribution is 2.45. The minimum atomic E-state index is -1.36. The largest absolute Gasteiger partial charge is 0.457 e. The number of rotatable bonds is 12. The number of hydrogen-bond acceptors (Lipinski definition) is 13. The highest BCUT2D eigenvalue weighted by molar-refractivity contribution is 6.00. The number of carbonyl (C=O) groups is 4. The number of ether oxygens (including phenoxy) is 5. The number of amides is 1. The number of nitrogens with zero attached hydrogens (tertiary/aromatic N) is 5. The lowest BCUT2D eigenvalue weighted by Crippen LogP contribution is -2.61. The smallest absolute Gasteiger partial charge is 0.410 e.